The van der Waals surface area contributed by atoms with Crippen LogP contribution in [0, 0.1) is 5.92 Å². The molecule has 0 bridgehead atoms. The average Bonchev–Trinajstić information content (AvgIpc) is 2.26. The van der Waals surface area contributed by atoms with Gasteiger partial charge in [0.25, 0.3) is 0 Å². The molecule has 6 heteroatoms. The first-order valence-corrected chi connectivity index (χ1v) is 5.93. The predicted molar refractivity (Wildman–Crippen MR) is 68.8 cm³/mol. The molecule has 0 aliphatic heterocycles. The van der Waals surface area contributed by atoms with Crippen LogP contribution in [0.2, 0.25) is 0 Å². The van der Waals surface area contributed by atoms with Crippen LogP contribution in [-0.4, -0.2) is 23.0 Å². The van der Waals surface area contributed by atoms with Crippen LogP contribution in [0.1, 0.15) is 18.5 Å². The SMILES string of the molecule is NC(N)=NC(=O)NC1CC(Cc2ccccn2)C1. The number of aliphatic imine (C=N–C) groups is 1. The minimum absolute atomic E-state index is 0.175. The molecule has 0 atom stereocenters. The van der Waals surface area contributed by atoms with E-state index in [1.807, 2.05) is 18.2 Å². The summed E-state index contributed by atoms with van der Waals surface area (Å²) < 4.78 is 0. The summed E-state index contributed by atoms with van der Waals surface area (Å²) >= 11 is 0. The molecule has 18 heavy (non-hydrogen) atoms. The first-order valence-electron chi connectivity index (χ1n) is 5.93. The van der Waals surface area contributed by atoms with Crippen LogP contribution in [0.4, 0.5) is 4.79 Å². The number of carbonyl (C=O) groups excluding carboxylic acids is 1. The summed E-state index contributed by atoms with van der Waals surface area (Å²) in [5, 5.41) is 2.76. The lowest BCUT2D eigenvalue weighted by Gasteiger charge is -2.35. The van der Waals surface area contributed by atoms with Gasteiger partial charge in [0.15, 0.2) is 5.96 Å². The molecule has 1 saturated carbocycles. The number of nitrogens with two attached hydrogens (primary N) is 2. The summed E-state index contributed by atoms with van der Waals surface area (Å²) in [5.41, 5.74) is 11.3. The van der Waals surface area contributed by atoms with Crippen LogP contribution in [0.25, 0.3) is 0 Å². The smallest absolute Gasteiger partial charge is 0.344 e. The maximum absolute atomic E-state index is 11.3. The number of aromatic nitrogens is 1. The van der Waals surface area contributed by atoms with Gasteiger partial charge in [0.2, 0.25) is 0 Å². The first kappa shape index (κ1) is 12.3. The van der Waals surface area contributed by atoms with Crippen LogP contribution in [-0.2, 0) is 6.42 Å². The maximum atomic E-state index is 11.3. The molecular formula is C12H17N5O. The minimum atomic E-state index is -0.462. The fraction of sp³-hybridized carbons (Fsp3) is 0.417. The van der Waals surface area contributed by atoms with Gasteiger partial charge in [0, 0.05) is 17.9 Å². The molecule has 2 rings (SSSR count). The molecule has 1 heterocycles. The number of nitrogens with one attached hydrogen (secondary N) is 1. The third kappa shape index (κ3) is 3.44. The third-order valence-corrected chi connectivity index (χ3v) is 3.02. The Bertz CT molecular complexity index is 435. The van der Waals surface area contributed by atoms with Gasteiger partial charge in [-0.3, -0.25) is 4.98 Å². The summed E-state index contributed by atoms with van der Waals surface area (Å²) in [5.74, 6) is 0.362. The van der Waals surface area contributed by atoms with Crippen molar-refractivity contribution in [1.29, 1.82) is 0 Å². The fourth-order valence-electron chi connectivity index (χ4n) is 2.16. The Balaban J connectivity index is 1.71. The summed E-state index contributed by atoms with van der Waals surface area (Å²) in [6, 6.07) is 5.62. The topological polar surface area (TPSA) is 106 Å². The zero-order valence-electron chi connectivity index (χ0n) is 10.0. The third-order valence-electron chi connectivity index (χ3n) is 3.02. The van der Waals surface area contributed by atoms with Gasteiger partial charge in [-0.25, -0.2) is 4.79 Å². The van der Waals surface area contributed by atoms with Crippen molar-refractivity contribution < 1.29 is 4.79 Å². The normalized spacial score (nSPS) is 21.8. The monoisotopic (exact) mass is 247 g/mol. The molecule has 96 valence electrons. The van der Waals surface area contributed by atoms with E-state index in [1.165, 1.54) is 0 Å². The molecule has 0 saturated heterocycles. The number of hydrogen-bond acceptors (Lipinski definition) is 2. The number of nitrogens with zero attached hydrogens (tertiary/aromatic N) is 2. The van der Waals surface area contributed by atoms with Gasteiger partial charge in [-0.15, -0.1) is 0 Å². The largest absolute Gasteiger partial charge is 0.370 e. The standard InChI is InChI=1S/C12H17N5O/c13-11(14)17-12(18)16-10-6-8(7-10)5-9-3-1-2-4-15-9/h1-4,8,10H,5-7H2,(H5,13,14,16,17,18). The van der Waals surface area contributed by atoms with Gasteiger partial charge >= 0.3 is 6.03 Å². The van der Waals surface area contributed by atoms with Gasteiger partial charge < -0.3 is 16.8 Å². The Morgan fingerprint density at radius 3 is 2.83 bits per heavy atom. The summed E-state index contributed by atoms with van der Waals surface area (Å²) in [7, 11) is 0. The van der Waals surface area contributed by atoms with Crippen molar-refractivity contribution in [1.82, 2.24) is 10.3 Å². The van der Waals surface area contributed by atoms with Crippen LogP contribution in [0.3, 0.4) is 0 Å². The molecule has 1 aromatic heterocycles. The zero-order chi connectivity index (χ0) is 13.0. The second-order valence-electron chi connectivity index (χ2n) is 4.55. The molecule has 0 spiro atoms. The van der Waals surface area contributed by atoms with Crippen molar-refractivity contribution >= 4 is 12.0 Å². The van der Waals surface area contributed by atoms with E-state index in [0.717, 1.165) is 25.0 Å². The first-order chi connectivity index (χ1) is 8.63. The molecule has 5 N–H and O–H groups in total. The molecule has 1 aliphatic rings. The van der Waals surface area contributed by atoms with E-state index < -0.39 is 6.03 Å². The molecule has 0 radical (unpaired) electrons. The molecule has 1 fully saturated rings. The lowest BCUT2D eigenvalue weighted by molar-refractivity contribution is 0.207. The van der Waals surface area contributed by atoms with Gasteiger partial charge in [-0.2, -0.15) is 4.99 Å². The van der Waals surface area contributed by atoms with E-state index >= 15 is 0 Å². The number of carbonyl (C=O) groups is 1. The average molecular weight is 247 g/mol. The van der Waals surface area contributed by atoms with E-state index in [-0.39, 0.29) is 12.0 Å². The van der Waals surface area contributed by atoms with Gasteiger partial charge in [-0.1, -0.05) is 6.07 Å². The van der Waals surface area contributed by atoms with E-state index in [0.29, 0.717) is 5.92 Å². The number of urea groups is 1. The van der Waals surface area contributed by atoms with Crippen LogP contribution in [0.5, 0.6) is 0 Å². The molecular weight excluding hydrogens is 230 g/mol. The van der Waals surface area contributed by atoms with Crippen molar-refractivity contribution in [3.63, 3.8) is 0 Å². The highest BCUT2D eigenvalue weighted by Gasteiger charge is 2.30. The summed E-state index contributed by atoms with van der Waals surface area (Å²) in [4.78, 5) is 19.0. The van der Waals surface area contributed by atoms with Crippen molar-refractivity contribution in [2.45, 2.75) is 25.3 Å². The fourth-order valence-corrected chi connectivity index (χ4v) is 2.16. The zero-order valence-corrected chi connectivity index (χ0v) is 10.0. The summed E-state index contributed by atoms with van der Waals surface area (Å²) in [6.07, 6.45) is 4.64. The van der Waals surface area contributed by atoms with E-state index in [1.54, 1.807) is 6.20 Å². The lowest BCUT2D eigenvalue weighted by Crippen LogP contribution is -2.44. The number of hydrogen-bond donors (Lipinski definition) is 3. The lowest BCUT2D eigenvalue weighted by atomic mass is 9.77. The predicted octanol–water partition coefficient (Wildman–Crippen LogP) is 0.386. The Morgan fingerprint density at radius 1 is 1.44 bits per heavy atom. The summed E-state index contributed by atoms with van der Waals surface area (Å²) in [6.45, 7) is 0. The Kier molecular flexibility index (Phi) is 3.76. The minimum Gasteiger partial charge on any atom is -0.370 e. The quantitative estimate of drug-likeness (QED) is 0.530. The van der Waals surface area contributed by atoms with Gasteiger partial charge in [-0.05, 0) is 37.3 Å². The number of amides is 2. The number of pyridine rings is 1. The molecule has 2 amide bonds. The van der Waals surface area contributed by atoms with E-state index in [2.05, 4.69) is 15.3 Å². The van der Waals surface area contributed by atoms with Crippen molar-refractivity contribution in [3.05, 3.63) is 30.1 Å². The van der Waals surface area contributed by atoms with Crippen LogP contribution < -0.4 is 16.8 Å². The van der Waals surface area contributed by atoms with Crippen LogP contribution in [0.15, 0.2) is 29.4 Å². The van der Waals surface area contributed by atoms with Crippen molar-refractivity contribution in [2.75, 3.05) is 0 Å². The second-order valence-corrected chi connectivity index (χ2v) is 4.55. The highest BCUT2D eigenvalue weighted by atomic mass is 16.2. The Labute approximate surface area is 105 Å². The molecule has 0 unspecified atom stereocenters. The molecule has 1 aliphatic carbocycles. The molecule has 6 nitrogen and oxygen atoms in total. The molecule has 1 aromatic rings. The maximum Gasteiger partial charge on any atom is 0.344 e. The van der Waals surface area contributed by atoms with Crippen molar-refractivity contribution in [3.8, 4) is 0 Å². The van der Waals surface area contributed by atoms with Gasteiger partial charge in [0.1, 0.15) is 0 Å². The molecule has 0 aromatic carbocycles. The number of rotatable bonds is 3. The highest BCUT2D eigenvalue weighted by molar-refractivity contribution is 5.90. The number of guanidine groups is 1. The van der Waals surface area contributed by atoms with Crippen LogP contribution >= 0.6 is 0 Å². The second kappa shape index (κ2) is 5.48. The highest BCUT2D eigenvalue weighted by Crippen LogP contribution is 2.30. The van der Waals surface area contributed by atoms with E-state index in [9.17, 15) is 4.79 Å². The van der Waals surface area contributed by atoms with Gasteiger partial charge in [0.05, 0.1) is 0 Å². The Morgan fingerprint density at radius 2 is 2.22 bits per heavy atom. The van der Waals surface area contributed by atoms with Crippen molar-refractivity contribution in [2.24, 2.45) is 22.4 Å². The van der Waals surface area contributed by atoms with E-state index in [4.69, 9.17) is 11.5 Å². The Hall–Kier alpha value is -2.11.